The van der Waals surface area contributed by atoms with E-state index in [4.69, 9.17) is 4.74 Å². The fourth-order valence-electron chi connectivity index (χ4n) is 11.1. The van der Waals surface area contributed by atoms with Gasteiger partial charge in [-0.1, -0.05) is 346 Å². The van der Waals surface area contributed by atoms with Crippen molar-refractivity contribution in [2.24, 2.45) is 0 Å². The highest BCUT2D eigenvalue weighted by atomic mass is 16.5. The van der Waals surface area contributed by atoms with Crippen molar-refractivity contribution in [1.29, 1.82) is 0 Å². The first kappa shape index (κ1) is 75.3. The lowest BCUT2D eigenvalue weighted by molar-refractivity contribution is -0.143. The highest BCUT2D eigenvalue weighted by Gasteiger charge is 2.20. The van der Waals surface area contributed by atoms with Gasteiger partial charge < -0.3 is 20.3 Å². The van der Waals surface area contributed by atoms with E-state index in [1.165, 1.54) is 308 Å². The lowest BCUT2D eigenvalue weighted by atomic mass is 10.0. The maximum absolute atomic E-state index is 12.5. The van der Waals surface area contributed by atoms with E-state index < -0.39 is 12.1 Å². The standard InChI is InChI=1S/C71H137NO5/c1-3-5-7-9-11-13-15-17-36-41-45-49-53-57-61-65-71(76)77-66-62-58-54-50-46-42-38-35-33-31-29-27-25-23-21-19-20-22-24-26-28-30-32-34-37-40-44-48-52-56-60-64-70(75)72-68(67-73)69(74)63-59-55-51-47-43-39-18-16-14-12-10-8-6-4-2/h11,13,17,36,68-69,73-74H,3-10,12,14-16,18-35,37-67H2,1-2H3,(H,72,75)/b13-11-,36-17-. The van der Waals surface area contributed by atoms with Crippen molar-refractivity contribution in [3.63, 3.8) is 0 Å². The molecule has 0 spiro atoms. The molecule has 0 radical (unpaired) electrons. The molecule has 0 saturated carbocycles. The molecule has 2 unspecified atom stereocenters. The number of carbonyl (C=O) groups is 2. The minimum absolute atomic E-state index is 0.00715. The van der Waals surface area contributed by atoms with Crippen LogP contribution in [0.5, 0.6) is 0 Å². The van der Waals surface area contributed by atoms with Gasteiger partial charge in [-0.2, -0.15) is 0 Å². The number of amides is 1. The van der Waals surface area contributed by atoms with Gasteiger partial charge in [0.05, 0.1) is 25.4 Å². The van der Waals surface area contributed by atoms with E-state index in [2.05, 4.69) is 43.5 Å². The van der Waals surface area contributed by atoms with Crippen molar-refractivity contribution in [2.45, 2.75) is 405 Å². The number of ether oxygens (including phenoxy) is 1. The highest BCUT2D eigenvalue weighted by molar-refractivity contribution is 5.76. The fraction of sp³-hybridized carbons (Fsp3) is 0.915. The largest absolute Gasteiger partial charge is 0.466 e. The summed E-state index contributed by atoms with van der Waals surface area (Å²) in [5.74, 6) is -0.0211. The van der Waals surface area contributed by atoms with Crippen LogP contribution in [0.4, 0.5) is 0 Å². The van der Waals surface area contributed by atoms with Crippen LogP contribution in [0.15, 0.2) is 24.3 Å². The normalized spacial score (nSPS) is 12.6. The fourth-order valence-corrected chi connectivity index (χ4v) is 11.1. The third kappa shape index (κ3) is 63.4. The molecule has 0 aliphatic heterocycles. The summed E-state index contributed by atoms with van der Waals surface area (Å²) in [4.78, 5) is 24.6. The molecule has 456 valence electrons. The topological polar surface area (TPSA) is 95.9 Å². The lowest BCUT2D eigenvalue weighted by Crippen LogP contribution is -2.45. The maximum atomic E-state index is 12.5. The minimum atomic E-state index is -0.660. The Kier molecular flexibility index (Phi) is 65.4. The van der Waals surface area contributed by atoms with Crippen molar-refractivity contribution in [3.8, 4) is 0 Å². The molecular weight excluding hydrogens is 947 g/mol. The quantitative estimate of drug-likeness (QED) is 0.0320. The average molecular weight is 1080 g/mol. The van der Waals surface area contributed by atoms with Crippen LogP contribution in [-0.2, 0) is 14.3 Å². The number of carbonyl (C=O) groups excluding carboxylic acids is 2. The Hall–Kier alpha value is -1.66. The van der Waals surface area contributed by atoms with E-state index in [-0.39, 0.29) is 18.5 Å². The average Bonchev–Trinajstić information content (AvgIpc) is 3.43. The zero-order valence-corrected chi connectivity index (χ0v) is 52.2. The summed E-state index contributed by atoms with van der Waals surface area (Å²) in [5, 5.41) is 23.3. The van der Waals surface area contributed by atoms with E-state index in [0.29, 0.717) is 25.9 Å². The van der Waals surface area contributed by atoms with Crippen molar-refractivity contribution < 1.29 is 24.5 Å². The number of allylic oxidation sites excluding steroid dienone is 4. The SMILES string of the molecule is CCCCC/C=C\C/C=C\CCCCCCCC(=O)OCCCCCCCCCCCCCCCCCCCCCCCCCCCCCCCCCC(=O)NC(CO)C(O)CCCCCCCCCCCCCCCC. The second-order valence-electron chi connectivity index (χ2n) is 24.2. The van der Waals surface area contributed by atoms with Crippen LogP contribution in [0.25, 0.3) is 0 Å². The molecule has 1 amide bonds. The maximum Gasteiger partial charge on any atom is 0.305 e. The van der Waals surface area contributed by atoms with Crippen LogP contribution in [0, 0.1) is 0 Å². The molecule has 6 nitrogen and oxygen atoms in total. The van der Waals surface area contributed by atoms with Gasteiger partial charge in [0, 0.05) is 12.8 Å². The Morgan fingerprint density at radius 3 is 1.01 bits per heavy atom. The molecule has 3 N–H and O–H groups in total. The summed E-state index contributed by atoms with van der Waals surface area (Å²) >= 11 is 0. The van der Waals surface area contributed by atoms with Gasteiger partial charge >= 0.3 is 5.97 Å². The second kappa shape index (κ2) is 66.8. The molecule has 6 heteroatoms. The third-order valence-corrected chi connectivity index (χ3v) is 16.5. The Morgan fingerprint density at radius 2 is 0.649 bits per heavy atom. The van der Waals surface area contributed by atoms with Crippen LogP contribution >= 0.6 is 0 Å². The predicted molar refractivity (Wildman–Crippen MR) is 338 cm³/mol. The predicted octanol–water partition coefficient (Wildman–Crippen LogP) is 22.5. The summed E-state index contributed by atoms with van der Waals surface area (Å²) < 4.78 is 5.49. The number of unbranched alkanes of at least 4 members (excludes halogenated alkanes) is 51. The minimum Gasteiger partial charge on any atom is -0.466 e. The van der Waals surface area contributed by atoms with Crippen LogP contribution in [0.2, 0.25) is 0 Å². The molecule has 2 atom stereocenters. The van der Waals surface area contributed by atoms with Crippen LogP contribution < -0.4 is 5.32 Å². The number of nitrogens with one attached hydrogen (secondary N) is 1. The number of esters is 1. The van der Waals surface area contributed by atoms with Gasteiger partial charge in [0.1, 0.15) is 0 Å². The van der Waals surface area contributed by atoms with Gasteiger partial charge in [0.2, 0.25) is 5.91 Å². The molecule has 0 aromatic heterocycles. The van der Waals surface area contributed by atoms with Gasteiger partial charge in [-0.05, 0) is 57.8 Å². The Labute approximate surface area is 481 Å². The first-order valence-electron chi connectivity index (χ1n) is 35.1. The molecule has 0 aromatic rings. The molecule has 0 rings (SSSR count). The molecule has 0 fully saturated rings. The van der Waals surface area contributed by atoms with Gasteiger partial charge in [-0.15, -0.1) is 0 Å². The first-order chi connectivity index (χ1) is 38.0. The molecular formula is C71H137NO5. The molecule has 0 saturated heterocycles. The van der Waals surface area contributed by atoms with Crippen molar-refractivity contribution in [2.75, 3.05) is 13.2 Å². The number of aliphatic hydroxyl groups excluding tert-OH is 2. The number of rotatable bonds is 66. The molecule has 0 bridgehead atoms. The molecule has 0 aromatic carbocycles. The Balaban J connectivity index is 3.32. The van der Waals surface area contributed by atoms with Gasteiger partial charge in [0.25, 0.3) is 0 Å². The van der Waals surface area contributed by atoms with Crippen LogP contribution in [0.3, 0.4) is 0 Å². The number of hydrogen-bond donors (Lipinski definition) is 3. The van der Waals surface area contributed by atoms with E-state index >= 15 is 0 Å². The van der Waals surface area contributed by atoms with E-state index in [1.54, 1.807) is 0 Å². The summed E-state index contributed by atoms with van der Waals surface area (Å²) in [6.45, 7) is 4.95. The van der Waals surface area contributed by atoms with Crippen molar-refractivity contribution >= 4 is 11.9 Å². The van der Waals surface area contributed by atoms with Gasteiger partial charge in [-0.3, -0.25) is 9.59 Å². The number of aliphatic hydroxyl groups is 2. The molecule has 0 heterocycles. The van der Waals surface area contributed by atoms with E-state index in [1.807, 2.05) is 0 Å². The zero-order valence-electron chi connectivity index (χ0n) is 52.2. The van der Waals surface area contributed by atoms with E-state index in [0.717, 1.165) is 51.4 Å². The number of hydrogen-bond acceptors (Lipinski definition) is 5. The highest BCUT2D eigenvalue weighted by Crippen LogP contribution is 2.19. The summed E-state index contributed by atoms with van der Waals surface area (Å²) in [6.07, 6.45) is 83.7. The lowest BCUT2D eigenvalue weighted by Gasteiger charge is -2.22. The summed E-state index contributed by atoms with van der Waals surface area (Å²) in [6, 6.07) is -0.537. The molecule has 77 heavy (non-hydrogen) atoms. The monoisotopic (exact) mass is 1080 g/mol. The van der Waals surface area contributed by atoms with Crippen molar-refractivity contribution in [3.05, 3.63) is 24.3 Å². The second-order valence-corrected chi connectivity index (χ2v) is 24.2. The van der Waals surface area contributed by atoms with Crippen LogP contribution in [0.1, 0.15) is 393 Å². The van der Waals surface area contributed by atoms with Gasteiger partial charge in [-0.25, -0.2) is 0 Å². The Bertz CT molecular complexity index is 1200. The van der Waals surface area contributed by atoms with Crippen LogP contribution in [-0.4, -0.2) is 47.4 Å². The molecule has 0 aliphatic carbocycles. The summed E-state index contributed by atoms with van der Waals surface area (Å²) in [7, 11) is 0. The third-order valence-electron chi connectivity index (χ3n) is 16.5. The Morgan fingerprint density at radius 1 is 0.364 bits per heavy atom. The molecule has 0 aliphatic rings. The first-order valence-corrected chi connectivity index (χ1v) is 35.1. The van der Waals surface area contributed by atoms with E-state index in [9.17, 15) is 19.8 Å². The summed E-state index contributed by atoms with van der Waals surface area (Å²) in [5.41, 5.74) is 0. The zero-order chi connectivity index (χ0) is 55.7. The van der Waals surface area contributed by atoms with Crippen molar-refractivity contribution in [1.82, 2.24) is 5.32 Å². The van der Waals surface area contributed by atoms with Gasteiger partial charge in [0.15, 0.2) is 0 Å². The smallest absolute Gasteiger partial charge is 0.305 e.